The normalized spacial score (nSPS) is 23.1. The van der Waals surface area contributed by atoms with Crippen LogP contribution in [0, 0.1) is 5.92 Å². The van der Waals surface area contributed by atoms with Gasteiger partial charge in [-0.2, -0.15) is 0 Å². The van der Waals surface area contributed by atoms with E-state index < -0.39 is 0 Å². The predicted octanol–water partition coefficient (Wildman–Crippen LogP) is 1.78. The maximum Gasteiger partial charge on any atom is 0.292 e. The third kappa shape index (κ3) is 2.49. The zero-order valence-electron chi connectivity index (χ0n) is 13.0. The molecule has 0 bridgehead atoms. The number of ether oxygens (including phenoxy) is 1. The lowest BCUT2D eigenvalue weighted by Crippen LogP contribution is -2.38. The number of rotatable bonds is 3. The molecule has 4 rings (SSSR count). The van der Waals surface area contributed by atoms with E-state index in [1.165, 1.54) is 0 Å². The quantitative estimate of drug-likeness (QED) is 0.935. The summed E-state index contributed by atoms with van der Waals surface area (Å²) in [6, 6.07) is 9.54. The van der Waals surface area contributed by atoms with Crippen LogP contribution in [0.4, 0.5) is 0 Å². The summed E-state index contributed by atoms with van der Waals surface area (Å²) < 4.78 is 10.5. The molecule has 1 amide bonds. The van der Waals surface area contributed by atoms with E-state index in [2.05, 4.69) is 10.5 Å². The monoisotopic (exact) mass is 313 g/mol. The first-order valence-electron chi connectivity index (χ1n) is 7.89. The minimum Gasteiger partial charge on any atom is -0.497 e. The number of nitrogens with one attached hydrogen (secondary N) is 1. The van der Waals surface area contributed by atoms with Crippen LogP contribution in [0.25, 0.3) is 11.3 Å². The van der Waals surface area contributed by atoms with Gasteiger partial charge in [0.05, 0.1) is 7.11 Å². The predicted molar refractivity (Wildman–Crippen MR) is 84.3 cm³/mol. The van der Waals surface area contributed by atoms with Gasteiger partial charge in [0.15, 0.2) is 0 Å². The number of carbonyl (C=O) groups excluding carboxylic acids is 1. The zero-order valence-corrected chi connectivity index (χ0v) is 13.0. The number of hydrogen-bond donors (Lipinski definition) is 1. The van der Waals surface area contributed by atoms with Crippen LogP contribution in [0.15, 0.2) is 34.9 Å². The van der Waals surface area contributed by atoms with Crippen LogP contribution >= 0.6 is 0 Å². The fourth-order valence-corrected chi connectivity index (χ4v) is 3.52. The van der Waals surface area contributed by atoms with E-state index in [9.17, 15) is 4.79 Å². The SMILES string of the molecule is COc1ccc(-c2cc(C(=O)N3CC[C@@H]4CNC[C@@H]43)on2)cc1. The fourth-order valence-electron chi connectivity index (χ4n) is 3.52. The summed E-state index contributed by atoms with van der Waals surface area (Å²) in [5, 5.41) is 7.39. The Hall–Kier alpha value is -2.34. The molecule has 0 aliphatic carbocycles. The molecule has 6 nitrogen and oxygen atoms in total. The molecule has 0 radical (unpaired) electrons. The molecule has 0 saturated carbocycles. The van der Waals surface area contributed by atoms with Gasteiger partial charge in [0.25, 0.3) is 5.91 Å². The number of methoxy groups -OCH3 is 1. The van der Waals surface area contributed by atoms with Crippen molar-refractivity contribution >= 4 is 5.91 Å². The Labute approximate surface area is 134 Å². The Bertz CT molecular complexity index is 710. The Morgan fingerprint density at radius 1 is 1.35 bits per heavy atom. The second-order valence-corrected chi connectivity index (χ2v) is 6.08. The van der Waals surface area contributed by atoms with Gasteiger partial charge in [0, 0.05) is 37.3 Å². The van der Waals surface area contributed by atoms with Crippen molar-refractivity contribution in [3.8, 4) is 17.0 Å². The Morgan fingerprint density at radius 3 is 2.96 bits per heavy atom. The summed E-state index contributed by atoms with van der Waals surface area (Å²) in [5.41, 5.74) is 1.56. The Morgan fingerprint density at radius 2 is 2.17 bits per heavy atom. The first kappa shape index (κ1) is 14.3. The van der Waals surface area contributed by atoms with Crippen molar-refractivity contribution < 1.29 is 14.1 Å². The maximum absolute atomic E-state index is 12.7. The number of nitrogens with zero attached hydrogens (tertiary/aromatic N) is 2. The van der Waals surface area contributed by atoms with Gasteiger partial charge in [-0.1, -0.05) is 5.16 Å². The number of likely N-dealkylation sites (tertiary alicyclic amines) is 1. The average molecular weight is 313 g/mol. The molecule has 1 aromatic heterocycles. The summed E-state index contributed by atoms with van der Waals surface area (Å²) in [7, 11) is 1.63. The molecule has 1 aromatic carbocycles. The lowest BCUT2D eigenvalue weighted by Gasteiger charge is -2.21. The molecule has 23 heavy (non-hydrogen) atoms. The number of hydrogen-bond acceptors (Lipinski definition) is 5. The molecular formula is C17H19N3O3. The molecule has 2 saturated heterocycles. The average Bonchev–Trinajstić information content (AvgIpc) is 3.30. The van der Waals surface area contributed by atoms with E-state index >= 15 is 0 Å². The third-order valence-electron chi connectivity index (χ3n) is 4.81. The van der Waals surface area contributed by atoms with Crippen LogP contribution in [-0.4, -0.2) is 48.7 Å². The van der Waals surface area contributed by atoms with Crippen LogP contribution in [0.2, 0.25) is 0 Å². The molecule has 6 heteroatoms. The topological polar surface area (TPSA) is 67.6 Å². The number of carbonyl (C=O) groups is 1. The molecule has 0 unspecified atom stereocenters. The van der Waals surface area contributed by atoms with E-state index in [0.717, 1.165) is 37.4 Å². The van der Waals surface area contributed by atoms with Crippen LogP contribution in [0.1, 0.15) is 17.0 Å². The molecule has 2 aliphatic heterocycles. The standard InChI is InChI=1S/C17H19N3O3/c1-22-13-4-2-11(3-5-13)14-8-16(23-19-14)17(21)20-7-6-12-9-18-10-15(12)20/h2-5,8,12,15,18H,6-7,9-10H2,1H3/t12-,15+/m1/s1. The highest BCUT2D eigenvalue weighted by Crippen LogP contribution is 2.29. The number of fused-ring (bicyclic) bond motifs is 1. The lowest BCUT2D eigenvalue weighted by molar-refractivity contribution is 0.0695. The second kappa shape index (κ2) is 5.70. The lowest BCUT2D eigenvalue weighted by atomic mass is 10.1. The van der Waals surface area contributed by atoms with Crippen LogP contribution in [-0.2, 0) is 0 Å². The molecule has 120 valence electrons. The summed E-state index contributed by atoms with van der Waals surface area (Å²) in [6.07, 6.45) is 1.06. The highest BCUT2D eigenvalue weighted by Gasteiger charge is 2.41. The summed E-state index contributed by atoms with van der Waals surface area (Å²) in [6.45, 7) is 2.67. The van der Waals surface area contributed by atoms with Gasteiger partial charge in [0.1, 0.15) is 11.4 Å². The zero-order chi connectivity index (χ0) is 15.8. The van der Waals surface area contributed by atoms with Gasteiger partial charge in [0.2, 0.25) is 5.76 Å². The van der Waals surface area contributed by atoms with Gasteiger partial charge < -0.3 is 19.5 Å². The molecule has 3 heterocycles. The van der Waals surface area contributed by atoms with Crippen molar-refractivity contribution in [1.29, 1.82) is 0 Å². The minimum atomic E-state index is -0.0616. The first-order valence-corrected chi connectivity index (χ1v) is 7.89. The molecule has 2 aromatic rings. The van der Waals surface area contributed by atoms with Crippen molar-refractivity contribution in [2.24, 2.45) is 5.92 Å². The van der Waals surface area contributed by atoms with Crippen molar-refractivity contribution in [3.05, 3.63) is 36.1 Å². The van der Waals surface area contributed by atoms with Gasteiger partial charge in [-0.05, 0) is 36.6 Å². The minimum absolute atomic E-state index is 0.0616. The summed E-state index contributed by atoms with van der Waals surface area (Å²) in [4.78, 5) is 14.6. The molecular weight excluding hydrogens is 294 g/mol. The van der Waals surface area contributed by atoms with E-state index in [-0.39, 0.29) is 11.9 Å². The Balaban J connectivity index is 1.54. The van der Waals surface area contributed by atoms with Gasteiger partial charge >= 0.3 is 0 Å². The van der Waals surface area contributed by atoms with E-state index in [4.69, 9.17) is 9.26 Å². The summed E-state index contributed by atoms with van der Waals surface area (Å²) >= 11 is 0. The van der Waals surface area contributed by atoms with Crippen LogP contribution in [0.3, 0.4) is 0 Å². The molecule has 2 fully saturated rings. The van der Waals surface area contributed by atoms with Crippen molar-refractivity contribution in [1.82, 2.24) is 15.4 Å². The van der Waals surface area contributed by atoms with Gasteiger partial charge in [-0.15, -0.1) is 0 Å². The van der Waals surface area contributed by atoms with E-state index in [1.54, 1.807) is 13.2 Å². The van der Waals surface area contributed by atoms with Gasteiger partial charge in [-0.25, -0.2) is 0 Å². The largest absolute Gasteiger partial charge is 0.497 e. The van der Waals surface area contributed by atoms with E-state index in [0.29, 0.717) is 17.4 Å². The number of benzene rings is 1. The molecule has 2 aliphatic rings. The molecule has 1 N–H and O–H groups in total. The highest BCUT2D eigenvalue weighted by molar-refractivity contribution is 5.93. The second-order valence-electron chi connectivity index (χ2n) is 6.08. The smallest absolute Gasteiger partial charge is 0.292 e. The number of aromatic nitrogens is 1. The third-order valence-corrected chi connectivity index (χ3v) is 4.81. The highest BCUT2D eigenvalue weighted by atomic mass is 16.5. The van der Waals surface area contributed by atoms with Gasteiger partial charge in [-0.3, -0.25) is 4.79 Å². The van der Waals surface area contributed by atoms with Crippen LogP contribution in [0.5, 0.6) is 5.75 Å². The van der Waals surface area contributed by atoms with Crippen molar-refractivity contribution in [2.45, 2.75) is 12.5 Å². The Kier molecular flexibility index (Phi) is 3.53. The van der Waals surface area contributed by atoms with Crippen molar-refractivity contribution in [3.63, 3.8) is 0 Å². The molecule has 0 spiro atoms. The summed E-state index contributed by atoms with van der Waals surface area (Å²) in [5.74, 6) is 1.60. The fraction of sp³-hybridized carbons (Fsp3) is 0.412. The first-order chi connectivity index (χ1) is 11.3. The maximum atomic E-state index is 12.7. The van der Waals surface area contributed by atoms with E-state index in [1.807, 2.05) is 29.2 Å². The van der Waals surface area contributed by atoms with Crippen molar-refractivity contribution in [2.75, 3.05) is 26.7 Å². The molecule has 2 atom stereocenters. The van der Waals surface area contributed by atoms with Crippen LogP contribution < -0.4 is 10.1 Å². The number of amides is 1.